The number of aryl methyl sites for hydroxylation is 1. The van der Waals surface area contributed by atoms with Crippen molar-refractivity contribution in [2.75, 3.05) is 0 Å². The van der Waals surface area contributed by atoms with Gasteiger partial charge in [-0.25, -0.2) is 0 Å². The lowest BCUT2D eigenvalue weighted by molar-refractivity contribution is 0.461. The molecule has 0 radical (unpaired) electrons. The Labute approximate surface area is 214 Å². The number of aromatic nitrogens is 1. The fourth-order valence-electron chi connectivity index (χ4n) is 6.12. The molecular weight excluding hydrogens is 455 g/mol. The fraction of sp³-hybridized carbons (Fsp3) is 0.0312. The van der Waals surface area contributed by atoms with Crippen LogP contribution in [0.25, 0.3) is 27.5 Å². The molecule has 0 N–H and O–H groups in total. The van der Waals surface area contributed by atoms with Gasteiger partial charge in [-0.15, -0.1) is 0 Å². The fourth-order valence-corrected chi connectivity index (χ4v) is 6.12. The molecule has 6 aromatic rings. The molecule has 3 heterocycles. The van der Waals surface area contributed by atoms with Crippen LogP contribution >= 0.6 is 0 Å². The molecule has 0 saturated carbocycles. The van der Waals surface area contributed by atoms with Gasteiger partial charge in [-0.1, -0.05) is 72.8 Å². The molecule has 0 bridgehead atoms. The third kappa shape index (κ3) is 2.62. The van der Waals surface area contributed by atoms with Gasteiger partial charge in [-0.3, -0.25) is 0 Å². The van der Waals surface area contributed by atoms with Crippen molar-refractivity contribution in [1.29, 1.82) is 5.26 Å². The van der Waals surface area contributed by atoms with Crippen molar-refractivity contribution in [3.63, 3.8) is 0 Å². The van der Waals surface area contributed by atoms with E-state index >= 15 is 0 Å². The molecule has 1 aromatic heterocycles. The van der Waals surface area contributed by atoms with E-state index in [1.54, 1.807) is 0 Å². The molecule has 2 aliphatic heterocycles. The zero-order valence-corrected chi connectivity index (χ0v) is 20.0. The summed E-state index contributed by atoms with van der Waals surface area (Å²) < 4.78 is 15.3. The average Bonchev–Trinajstić information content (AvgIpc) is 3.27. The molecule has 0 amide bonds. The van der Waals surface area contributed by atoms with Gasteiger partial charge in [0.05, 0.1) is 16.7 Å². The molecule has 0 aliphatic carbocycles. The maximum absolute atomic E-state index is 10.6. The van der Waals surface area contributed by atoms with Crippen molar-refractivity contribution in [2.45, 2.75) is 6.92 Å². The number of rotatable bonds is 1. The maximum atomic E-state index is 10.6. The molecule has 2 aliphatic rings. The highest BCUT2D eigenvalue weighted by atomic mass is 16.5. The van der Waals surface area contributed by atoms with Crippen LogP contribution in [0.2, 0.25) is 0 Å². The number of nitrogens with zero attached hydrogens (tertiary/aromatic N) is 2. The van der Waals surface area contributed by atoms with Crippen LogP contribution in [0.5, 0.6) is 23.0 Å². The molecular formula is C32H19BN2O2. The van der Waals surface area contributed by atoms with Crippen LogP contribution in [0.1, 0.15) is 11.1 Å². The second-order valence-corrected chi connectivity index (χ2v) is 9.66. The van der Waals surface area contributed by atoms with Crippen LogP contribution in [0.4, 0.5) is 0 Å². The Morgan fingerprint density at radius 2 is 1.35 bits per heavy atom. The second kappa shape index (κ2) is 7.28. The number of hydrogen-bond donors (Lipinski definition) is 0. The van der Waals surface area contributed by atoms with E-state index in [0.717, 1.165) is 66.7 Å². The van der Waals surface area contributed by atoms with Gasteiger partial charge < -0.3 is 14.0 Å². The van der Waals surface area contributed by atoms with Gasteiger partial charge in [0, 0.05) is 22.3 Å². The van der Waals surface area contributed by atoms with Gasteiger partial charge in [0.15, 0.2) is 0 Å². The minimum absolute atomic E-state index is 0.0714. The Morgan fingerprint density at radius 1 is 0.703 bits per heavy atom. The minimum Gasteiger partial charge on any atom is -0.458 e. The van der Waals surface area contributed by atoms with Gasteiger partial charge in [0.1, 0.15) is 34.6 Å². The van der Waals surface area contributed by atoms with Gasteiger partial charge in [0.25, 0.3) is 6.71 Å². The van der Waals surface area contributed by atoms with Crippen LogP contribution in [0.3, 0.4) is 0 Å². The summed E-state index contributed by atoms with van der Waals surface area (Å²) in [5.74, 6) is 2.96. The number of benzene rings is 5. The van der Waals surface area contributed by atoms with Crippen LogP contribution in [-0.2, 0) is 0 Å². The van der Waals surface area contributed by atoms with Gasteiger partial charge >= 0.3 is 0 Å². The summed E-state index contributed by atoms with van der Waals surface area (Å²) in [6.45, 7) is 2.01. The van der Waals surface area contributed by atoms with Crippen molar-refractivity contribution in [3.05, 3.63) is 108 Å². The van der Waals surface area contributed by atoms with E-state index in [4.69, 9.17) is 9.47 Å². The first-order chi connectivity index (χ1) is 18.2. The first kappa shape index (κ1) is 20.3. The monoisotopic (exact) mass is 474 g/mol. The molecule has 0 unspecified atom stereocenters. The van der Waals surface area contributed by atoms with Gasteiger partial charge in [-0.05, 0) is 41.6 Å². The number of ether oxygens (including phenoxy) is 2. The van der Waals surface area contributed by atoms with Crippen LogP contribution in [0, 0.1) is 18.3 Å². The van der Waals surface area contributed by atoms with E-state index in [-0.39, 0.29) is 6.71 Å². The Morgan fingerprint density at radius 3 is 2.11 bits per heavy atom. The van der Waals surface area contributed by atoms with Gasteiger partial charge in [0.2, 0.25) is 0 Å². The second-order valence-electron chi connectivity index (χ2n) is 9.66. The zero-order chi connectivity index (χ0) is 24.7. The minimum atomic E-state index is -0.0714. The van der Waals surface area contributed by atoms with Crippen LogP contribution in [0.15, 0.2) is 97.1 Å². The highest BCUT2D eigenvalue weighted by Gasteiger charge is 2.42. The molecule has 4 nitrogen and oxygen atoms in total. The first-order valence-electron chi connectivity index (χ1n) is 12.4. The molecule has 37 heavy (non-hydrogen) atoms. The van der Waals surface area contributed by atoms with E-state index < -0.39 is 0 Å². The number of para-hydroxylation sites is 4. The Kier molecular flexibility index (Phi) is 3.99. The lowest BCUT2D eigenvalue weighted by atomic mass is 9.34. The quantitative estimate of drug-likeness (QED) is 0.287. The summed E-state index contributed by atoms with van der Waals surface area (Å²) in [4.78, 5) is 0. The standard InChI is InChI=1S/C32H19BN2O2/c1-19-9-8-13-24-31(19)37-29-17-27(35-25-14-5-2-10-20(25)21-11-3-6-15-26(21)35)22(18-34)32-30(29)33(24)23-12-4-7-16-28(23)36-32/h2-17H,1H3. The number of fused-ring (bicyclic) bond motifs is 7. The number of hydrogen-bond acceptors (Lipinski definition) is 3. The molecule has 0 atom stereocenters. The normalized spacial score (nSPS) is 12.8. The summed E-state index contributed by atoms with van der Waals surface area (Å²) in [6, 6.07) is 35.5. The molecule has 0 saturated heterocycles. The third-order valence-corrected chi connectivity index (χ3v) is 7.69. The molecule has 172 valence electrons. The molecule has 8 rings (SSSR count). The predicted octanol–water partition coefficient (Wildman–Crippen LogP) is 5.69. The van der Waals surface area contributed by atoms with Crippen LogP contribution < -0.4 is 25.9 Å². The zero-order valence-electron chi connectivity index (χ0n) is 20.0. The number of nitriles is 1. The first-order valence-corrected chi connectivity index (χ1v) is 12.4. The van der Waals surface area contributed by atoms with E-state index in [2.05, 4.69) is 66.1 Å². The van der Waals surface area contributed by atoms with E-state index in [9.17, 15) is 5.26 Å². The maximum Gasteiger partial charge on any atom is 0.260 e. The summed E-state index contributed by atoms with van der Waals surface area (Å²) in [5.41, 5.74) is 7.50. The largest absolute Gasteiger partial charge is 0.458 e. The Hall–Kier alpha value is -4.95. The Bertz CT molecular complexity index is 1930. The third-order valence-electron chi connectivity index (χ3n) is 7.69. The SMILES string of the molecule is Cc1cccc2c1Oc1cc(-n3c4ccccc4c4ccccc43)c(C#N)c3c1B2c1ccccc1O3. The summed E-state index contributed by atoms with van der Waals surface area (Å²) in [5, 5.41) is 12.9. The average molecular weight is 474 g/mol. The molecule has 0 fully saturated rings. The predicted molar refractivity (Wildman–Crippen MR) is 148 cm³/mol. The summed E-state index contributed by atoms with van der Waals surface area (Å²) in [7, 11) is 0. The van der Waals surface area contributed by atoms with Crippen molar-refractivity contribution >= 4 is 44.9 Å². The van der Waals surface area contributed by atoms with Crippen molar-refractivity contribution < 1.29 is 9.47 Å². The van der Waals surface area contributed by atoms with E-state index in [0.29, 0.717) is 11.3 Å². The lowest BCUT2D eigenvalue weighted by Gasteiger charge is -2.34. The van der Waals surface area contributed by atoms with E-state index in [1.165, 1.54) is 0 Å². The van der Waals surface area contributed by atoms with Crippen molar-refractivity contribution in [2.24, 2.45) is 0 Å². The Balaban J connectivity index is 1.51. The van der Waals surface area contributed by atoms with Crippen molar-refractivity contribution in [1.82, 2.24) is 4.57 Å². The van der Waals surface area contributed by atoms with Crippen LogP contribution in [-0.4, -0.2) is 11.3 Å². The lowest BCUT2D eigenvalue weighted by Crippen LogP contribution is -2.57. The highest BCUT2D eigenvalue weighted by Crippen LogP contribution is 2.42. The molecule has 5 heteroatoms. The van der Waals surface area contributed by atoms with Gasteiger partial charge in [-0.2, -0.15) is 5.26 Å². The smallest absolute Gasteiger partial charge is 0.260 e. The topological polar surface area (TPSA) is 47.2 Å². The highest BCUT2D eigenvalue weighted by molar-refractivity contribution is 6.98. The molecule has 5 aromatic carbocycles. The van der Waals surface area contributed by atoms with E-state index in [1.807, 2.05) is 48.5 Å². The van der Waals surface area contributed by atoms with Crippen molar-refractivity contribution in [3.8, 4) is 34.8 Å². The molecule has 0 spiro atoms. The summed E-state index contributed by atoms with van der Waals surface area (Å²) in [6.07, 6.45) is 0. The summed E-state index contributed by atoms with van der Waals surface area (Å²) >= 11 is 0.